The third kappa shape index (κ3) is 8.24. The predicted molar refractivity (Wildman–Crippen MR) is 172 cm³/mol. The van der Waals surface area contributed by atoms with Gasteiger partial charge in [0.25, 0.3) is 0 Å². The predicted octanol–water partition coefficient (Wildman–Crippen LogP) is 4.92. The van der Waals surface area contributed by atoms with Crippen LogP contribution in [-0.2, 0) is 32.8 Å². The molecule has 0 bridgehead atoms. The number of hydrogen-bond donors (Lipinski definition) is 1. The highest BCUT2D eigenvalue weighted by Crippen LogP contribution is 2.27. The molecular formula is C34H44N4O4S. The molecular weight excluding hydrogens is 560 g/mol. The normalized spacial score (nSPS) is 14.5. The number of hydrogen-bond acceptors (Lipinski definition) is 4. The molecule has 9 heteroatoms. The Kier molecular flexibility index (Phi) is 10.6. The van der Waals surface area contributed by atoms with Crippen molar-refractivity contribution >= 4 is 27.7 Å². The maximum atomic E-state index is 14.5. The van der Waals surface area contributed by atoms with Crippen molar-refractivity contribution in [1.29, 1.82) is 0 Å². The molecule has 3 aromatic carbocycles. The fourth-order valence-corrected chi connectivity index (χ4v) is 6.73. The van der Waals surface area contributed by atoms with Gasteiger partial charge in [-0.25, -0.2) is 4.31 Å². The lowest BCUT2D eigenvalue weighted by molar-refractivity contribution is -0.140. The van der Waals surface area contributed by atoms with Gasteiger partial charge in [-0.05, 0) is 61.9 Å². The molecule has 0 heterocycles. The van der Waals surface area contributed by atoms with E-state index >= 15 is 0 Å². The van der Waals surface area contributed by atoms with Crippen LogP contribution in [0, 0.1) is 20.8 Å². The van der Waals surface area contributed by atoms with Crippen LogP contribution < -0.4 is 9.62 Å². The zero-order valence-electron chi connectivity index (χ0n) is 25.9. The van der Waals surface area contributed by atoms with Crippen molar-refractivity contribution in [2.75, 3.05) is 24.9 Å². The topological polar surface area (TPSA) is 90.0 Å². The van der Waals surface area contributed by atoms with E-state index in [-0.39, 0.29) is 18.5 Å². The van der Waals surface area contributed by atoms with Gasteiger partial charge in [-0.1, -0.05) is 85.1 Å². The van der Waals surface area contributed by atoms with Crippen LogP contribution >= 0.6 is 0 Å². The highest BCUT2D eigenvalue weighted by molar-refractivity contribution is 7.90. The second kappa shape index (κ2) is 14.2. The molecule has 2 amide bonds. The van der Waals surface area contributed by atoms with E-state index in [2.05, 4.69) is 5.32 Å². The van der Waals surface area contributed by atoms with Crippen molar-refractivity contribution in [1.82, 2.24) is 14.5 Å². The number of nitrogens with zero attached hydrogens (tertiary/aromatic N) is 3. The standard InChI is InChI=1S/C34H44N4O4S/c1-25-12-11-15-29(20-25)23-37(32(22-28-13-7-6-8-14-28)34(40)35-30-16-9-10-17-30)33(39)24-38(43(41,42)36(4)5)31-21-26(2)18-19-27(31)3/h6-8,11-15,18-21,30,32H,9-10,16-17,22-24H2,1-5H3,(H,35,40)/t32-/m0/s1. The first kappa shape index (κ1) is 32.2. The summed E-state index contributed by atoms with van der Waals surface area (Å²) in [6, 6.07) is 22.3. The molecule has 4 rings (SSSR count). The minimum atomic E-state index is -4.04. The maximum absolute atomic E-state index is 14.5. The first-order chi connectivity index (χ1) is 20.5. The summed E-state index contributed by atoms with van der Waals surface area (Å²) in [4.78, 5) is 30.1. The number of amides is 2. The summed E-state index contributed by atoms with van der Waals surface area (Å²) in [5.41, 5.74) is 4.87. The molecule has 0 unspecified atom stereocenters. The summed E-state index contributed by atoms with van der Waals surface area (Å²) in [6.45, 7) is 5.42. The van der Waals surface area contributed by atoms with Crippen molar-refractivity contribution in [2.24, 2.45) is 0 Å². The lowest BCUT2D eigenvalue weighted by Gasteiger charge is -2.35. The summed E-state index contributed by atoms with van der Waals surface area (Å²) >= 11 is 0. The molecule has 0 saturated heterocycles. The minimum Gasteiger partial charge on any atom is -0.352 e. The fourth-order valence-electron chi connectivity index (χ4n) is 5.62. The van der Waals surface area contributed by atoms with Crippen LogP contribution in [-0.4, -0.2) is 62.2 Å². The highest BCUT2D eigenvalue weighted by Gasteiger charge is 2.36. The van der Waals surface area contributed by atoms with Crippen molar-refractivity contribution in [2.45, 2.75) is 71.5 Å². The molecule has 3 aromatic rings. The third-order valence-electron chi connectivity index (χ3n) is 8.06. The second-order valence-electron chi connectivity index (χ2n) is 11.8. The van der Waals surface area contributed by atoms with Gasteiger partial charge in [-0.2, -0.15) is 12.7 Å². The molecule has 43 heavy (non-hydrogen) atoms. The lowest BCUT2D eigenvalue weighted by atomic mass is 10.0. The Morgan fingerprint density at radius 3 is 2.16 bits per heavy atom. The van der Waals surface area contributed by atoms with E-state index in [0.29, 0.717) is 12.1 Å². The van der Waals surface area contributed by atoms with Gasteiger partial charge in [0, 0.05) is 33.1 Å². The average molecular weight is 605 g/mol. The molecule has 0 aromatic heterocycles. The Balaban J connectivity index is 1.78. The summed E-state index contributed by atoms with van der Waals surface area (Å²) in [5.74, 6) is -0.666. The quantitative estimate of drug-likeness (QED) is 0.318. The van der Waals surface area contributed by atoms with Crippen molar-refractivity contribution < 1.29 is 18.0 Å². The second-order valence-corrected chi connectivity index (χ2v) is 13.9. The van der Waals surface area contributed by atoms with E-state index in [1.807, 2.05) is 87.5 Å². The molecule has 1 atom stereocenters. The van der Waals surface area contributed by atoms with Gasteiger partial charge in [0.2, 0.25) is 11.8 Å². The number of carbonyl (C=O) groups excluding carboxylic acids is 2. The molecule has 230 valence electrons. The van der Waals surface area contributed by atoms with Crippen LogP contribution in [0.3, 0.4) is 0 Å². The largest absolute Gasteiger partial charge is 0.352 e. The molecule has 1 aliphatic rings. The zero-order valence-corrected chi connectivity index (χ0v) is 26.7. The highest BCUT2D eigenvalue weighted by atomic mass is 32.2. The van der Waals surface area contributed by atoms with Gasteiger partial charge < -0.3 is 10.2 Å². The molecule has 0 radical (unpaired) electrons. The number of anilines is 1. The van der Waals surface area contributed by atoms with Gasteiger partial charge in [0.05, 0.1) is 5.69 Å². The zero-order chi connectivity index (χ0) is 31.1. The molecule has 8 nitrogen and oxygen atoms in total. The van der Waals surface area contributed by atoms with Crippen molar-refractivity contribution in [3.8, 4) is 0 Å². The van der Waals surface area contributed by atoms with Crippen LogP contribution in [0.25, 0.3) is 0 Å². The molecule has 1 saturated carbocycles. The van der Waals surface area contributed by atoms with Gasteiger partial charge in [-0.15, -0.1) is 0 Å². The average Bonchev–Trinajstić information content (AvgIpc) is 3.48. The Hall–Kier alpha value is -3.69. The molecule has 0 spiro atoms. The van der Waals surface area contributed by atoms with Gasteiger partial charge in [0.1, 0.15) is 12.6 Å². The summed E-state index contributed by atoms with van der Waals surface area (Å²) < 4.78 is 29.6. The van der Waals surface area contributed by atoms with Crippen LogP contribution in [0.15, 0.2) is 72.8 Å². The number of benzene rings is 3. The van der Waals surface area contributed by atoms with Gasteiger partial charge in [0.15, 0.2) is 0 Å². The van der Waals surface area contributed by atoms with E-state index in [0.717, 1.165) is 62.1 Å². The monoisotopic (exact) mass is 604 g/mol. The summed E-state index contributed by atoms with van der Waals surface area (Å²) in [6.07, 6.45) is 4.26. The van der Waals surface area contributed by atoms with Crippen LogP contribution in [0.5, 0.6) is 0 Å². The Morgan fingerprint density at radius 1 is 0.860 bits per heavy atom. The third-order valence-corrected chi connectivity index (χ3v) is 9.87. The van der Waals surface area contributed by atoms with E-state index in [9.17, 15) is 18.0 Å². The number of rotatable bonds is 12. The molecule has 0 aliphatic heterocycles. The lowest BCUT2D eigenvalue weighted by Crippen LogP contribution is -2.55. The minimum absolute atomic E-state index is 0.0715. The van der Waals surface area contributed by atoms with Crippen LogP contribution in [0.1, 0.15) is 53.5 Å². The van der Waals surface area contributed by atoms with E-state index < -0.39 is 28.7 Å². The summed E-state index contributed by atoms with van der Waals surface area (Å²) in [5, 5.41) is 3.21. The van der Waals surface area contributed by atoms with E-state index in [1.54, 1.807) is 11.0 Å². The Labute approximate surface area is 256 Å². The Morgan fingerprint density at radius 2 is 1.51 bits per heavy atom. The fraction of sp³-hybridized carbons (Fsp3) is 0.412. The van der Waals surface area contributed by atoms with Crippen molar-refractivity contribution in [3.63, 3.8) is 0 Å². The smallest absolute Gasteiger partial charge is 0.304 e. The first-order valence-electron chi connectivity index (χ1n) is 14.9. The molecule has 1 aliphatic carbocycles. The summed E-state index contributed by atoms with van der Waals surface area (Å²) in [7, 11) is -1.14. The first-order valence-corrected chi connectivity index (χ1v) is 16.3. The maximum Gasteiger partial charge on any atom is 0.304 e. The van der Waals surface area contributed by atoms with Gasteiger partial charge in [-0.3, -0.25) is 9.59 Å². The van der Waals surface area contributed by atoms with Crippen LogP contribution in [0.2, 0.25) is 0 Å². The van der Waals surface area contributed by atoms with E-state index in [1.165, 1.54) is 14.1 Å². The van der Waals surface area contributed by atoms with Crippen molar-refractivity contribution in [3.05, 3.63) is 101 Å². The van der Waals surface area contributed by atoms with Crippen LogP contribution in [0.4, 0.5) is 5.69 Å². The number of carbonyl (C=O) groups is 2. The number of nitrogens with one attached hydrogen (secondary N) is 1. The number of aryl methyl sites for hydroxylation is 3. The van der Waals surface area contributed by atoms with Gasteiger partial charge >= 0.3 is 10.2 Å². The SMILES string of the molecule is Cc1cccc(CN(C(=O)CN(c2cc(C)ccc2C)S(=O)(=O)N(C)C)[C@@H](Cc2ccccc2)C(=O)NC2CCCC2)c1. The molecule has 1 N–H and O–H groups in total. The van der Waals surface area contributed by atoms with E-state index in [4.69, 9.17) is 0 Å². The Bertz CT molecular complexity index is 1520. The molecule has 1 fully saturated rings.